The van der Waals surface area contributed by atoms with Crippen molar-refractivity contribution in [2.24, 2.45) is 0 Å². The van der Waals surface area contributed by atoms with Crippen LogP contribution < -0.4 is 10.6 Å². The number of rotatable bonds is 3. The third-order valence-electron chi connectivity index (χ3n) is 2.99. The van der Waals surface area contributed by atoms with Crippen molar-refractivity contribution in [2.45, 2.75) is 32.5 Å². The Morgan fingerprint density at radius 1 is 1.35 bits per heavy atom. The minimum absolute atomic E-state index is 0.155. The Morgan fingerprint density at radius 2 is 1.94 bits per heavy atom. The first-order chi connectivity index (χ1) is 7.77. The first-order valence-electron chi connectivity index (χ1n) is 5.47. The SMILES string of the molecule is CCC(C)N(C)c1ccc(C(F)(F)F)cc1N. The second-order valence-electron chi connectivity index (χ2n) is 4.14. The highest BCUT2D eigenvalue weighted by Gasteiger charge is 2.31. The van der Waals surface area contributed by atoms with Crippen molar-refractivity contribution in [1.29, 1.82) is 0 Å². The zero-order chi connectivity index (χ0) is 13.2. The van der Waals surface area contributed by atoms with E-state index in [1.807, 2.05) is 25.8 Å². The number of alkyl halides is 3. The zero-order valence-corrected chi connectivity index (χ0v) is 10.2. The molecule has 1 aromatic carbocycles. The van der Waals surface area contributed by atoms with Crippen LogP contribution >= 0.6 is 0 Å². The van der Waals surface area contributed by atoms with Gasteiger partial charge < -0.3 is 10.6 Å². The van der Waals surface area contributed by atoms with Gasteiger partial charge >= 0.3 is 6.18 Å². The largest absolute Gasteiger partial charge is 0.416 e. The molecule has 0 aliphatic heterocycles. The number of anilines is 2. The van der Waals surface area contributed by atoms with Crippen LogP contribution in [0.25, 0.3) is 0 Å². The summed E-state index contributed by atoms with van der Waals surface area (Å²) in [5.74, 6) is 0. The maximum absolute atomic E-state index is 12.5. The Kier molecular flexibility index (Phi) is 3.91. The first kappa shape index (κ1) is 13.7. The molecule has 0 aliphatic rings. The zero-order valence-electron chi connectivity index (χ0n) is 10.2. The predicted octanol–water partition coefficient (Wildman–Crippen LogP) is 3.52. The Morgan fingerprint density at radius 3 is 2.35 bits per heavy atom. The van der Waals surface area contributed by atoms with Crippen molar-refractivity contribution in [3.8, 4) is 0 Å². The molecule has 1 aromatic rings. The normalized spacial score (nSPS) is 13.5. The van der Waals surface area contributed by atoms with Gasteiger partial charge in [-0.25, -0.2) is 0 Å². The summed E-state index contributed by atoms with van der Waals surface area (Å²) >= 11 is 0. The van der Waals surface area contributed by atoms with Gasteiger partial charge in [-0.15, -0.1) is 0 Å². The summed E-state index contributed by atoms with van der Waals surface area (Å²) in [5, 5.41) is 0. The lowest BCUT2D eigenvalue weighted by molar-refractivity contribution is -0.137. The lowest BCUT2D eigenvalue weighted by Gasteiger charge is -2.27. The van der Waals surface area contributed by atoms with Crippen LogP contribution in [0, 0.1) is 0 Å². The molecule has 17 heavy (non-hydrogen) atoms. The van der Waals surface area contributed by atoms with E-state index >= 15 is 0 Å². The molecule has 0 spiro atoms. The fourth-order valence-electron chi connectivity index (χ4n) is 1.56. The summed E-state index contributed by atoms with van der Waals surface area (Å²) in [5.41, 5.74) is 5.75. The van der Waals surface area contributed by atoms with Gasteiger partial charge in [-0.3, -0.25) is 0 Å². The van der Waals surface area contributed by atoms with E-state index in [0.717, 1.165) is 18.6 Å². The predicted molar refractivity (Wildman–Crippen MR) is 64.0 cm³/mol. The molecule has 0 saturated carbocycles. The van der Waals surface area contributed by atoms with Gasteiger partial charge in [-0.05, 0) is 31.5 Å². The molecule has 0 bridgehead atoms. The molecule has 1 unspecified atom stereocenters. The van der Waals surface area contributed by atoms with Gasteiger partial charge in [0.15, 0.2) is 0 Å². The fraction of sp³-hybridized carbons (Fsp3) is 0.500. The molecule has 0 radical (unpaired) electrons. The molecule has 0 amide bonds. The molecule has 5 heteroatoms. The van der Waals surface area contributed by atoms with Crippen molar-refractivity contribution >= 4 is 11.4 Å². The second-order valence-corrected chi connectivity index (χ2v) is 4.14. The molecule has 0 saturated heterocycles. The van der Waals surface area contributed by atoms with Crippen molar-refractivity contribution in [2.75, 3.05) is 17.7 Å². The van der Waals surface area contributed by atoms with Crippen LogP contribution in [0.4, 0.5) is 24.5 Å². The number of nitrogens with two attached hydrogens (primary N) is 1. The molecule has 96 valence electrons. The first-order valence-corrected chi connectivity index (χ1v) is 5.47. The van der Waals surface area contributed by atoms with Crippen molar-refractivity contribution in [3.05, 3.63) is 23.8 Å². The van der Waals surface area contributed by atoms with Gasteiger partial charge in [0.1, 0.15) is 0 Å². The maximum atomic E-state index is 12.5. The summed E-state index contributed by atoms with van der Waals surface area (Å²) in [4.78, 5) is 1.88. The molecule has 1 rings (SSSR count). The summed E-state index contributed by atoms with van der Waals surface area (Å²) < 4.78 is 37.4. The maximum Gasteiger partial charge on any atom is 0.416 e. The van der Waals surface area contributed by atoms with Gasteiger partial charge in [0.05, 0.1) is 16.9 Å². The Balaban J connectivity index is 3.06. The van der Waals surface area contributed by atoms with Gasteiger partial charge in [0, 0.05) is 13.1 Å². The molecule has 0 heterocycles. The highest BCUT2D eigenvalue weighted by molar-refractivity contribution is 5.68. The van der Waals surface area contributed by atoms with Crippen LogP contribution in [0.15, 0.2) is 18.2 Å². The van der Waals surface area contributed by atoms with E-state index in [9.17, 15) is 13.2 Å². The highest BCUT2D eigenvalue weighted by atomic mass is 19.4. The van der Waals surface area contributed by atoms with E-state index in [2.05, 4.69) is 0 Å². The van der Waals surface area contributed by atoms with E-state index < -0.39 is 11.7 Å². The van der Waals surface area contributed by atoms with Crippen LogP contribution in [0.1, 0.15) is 25.8 Å². The molecule has 2 N–H and O–H groups in total. The smallest absolute Gasteiger partial charge is 0.397 e. The number of nitrogen functional groups attached to an aromatic ring is 1. The average molecular weight is 246 g/mol. The molecule has 1 atom stereocenters. The van der Waals surface area contributed by atoms with E-state index in [0.29, 0.717) is 5.69 Å². The van der Waals surface area contributed by atoms with Crippen LogP contribution in [0.5, 0.6) is 0 Å². The topological polar surface area (TPSA) is 29.3 Å². The Labute approximate surface area is 99.2 Å². The van der Waals surface area contributed by atoms with Gasteiger partial charge in [0.25, 0.3) is 0 Å². The summed E-state index contributed by atoms with van der Waals surface area (Å²) in [7, 11) is 1.83. The van der Waals surface area contributed by atoms with E-state index in [4.69, 9.17) is 5.73 Å². The Bertz CT molecular complexity index is 388. The Hall–Kier alpha value is -1.39. The van der Waals surface area contributed by atoms with E-state index in [1.54, 1.807) is 0 Å². The quantitative estimate of drug-likeness (QED) is 0.827. The van der Waals surface area contributed by atoms with Crippen LogP contribution in [0.2, 0.25) is 0 Å². The number of halogens is 3. The lowest BCUT2D eigenvalue weighted by atomic mass is 10.1. The number of hydrogen-bond acceptors (Lipinski definition) is 2. The van der Waals surface area contributed by atoms with Crippen LogP contribution in [-0.2, 0) is 6.18 Å². The molecule has 0 aromatic heterocycles. The van der Waals surface area contributed by atoms with Crippen LogP contribution in [-0.4, -0.2) is 13.1 Å². The summed E-state index contributed by atoms with van der Waals surface area (Å²) in [6.07, 6.45) is -3.45. The third kappa shape index (κ3) is 3.05. The standard InChI is InChI=1S/C12H17F3N2/c1-4-8(2)17(3)11-6-5-9(7-10(11)16)12(13,14)15/h5-8H,4,16H2,1-3H3. The average Bonchev–Trinajstić information content (AvgIpc) is 2.25. The lowest BCUT2D eigenvalue weighted by Crippen LogP contribution is -2.28. The minimum Gasteiger partial charge on any atom is -0.397 e. The molecular formula is C12H17F3N2. The monoisotopic (exact) mass is 246 g/mol. The van der Waals surface area contributed by atoms with Gasteiger partial charge in [0.2, 0.25) is 0 Å². The number of hydrogen-bond donors (Lipinski definition) is 1. The van der Waals surface area contributed by atoms with E-state index in [-0.39, 0.29) is 11.7 Å². The number of benzene rings is 1. The summed E-state index contributed by atoms with van der Waals surface area (Å²) in [6, 6.07) is 3.69. The van der Waals surface area contributed by atoms with Crippen LogP contribution in [0.3, 0.4) is 0 Å². The minimum atomic E-state index is -4.35. The second kappa shape index (κ2) is 4.85. The number of nitrogens with zero attached hydrogens (tertiary/aromatic N) is 1. The van der Waals surface area contributed by atoms with Crippen molar-refractivity contribution in [1.82, 2.24) is 0 Å². The van der Waals surface area contributed by atoms with Gasteiger partial charge in [-0.1, -0.05) is 6.92 Å². The molecule has 2 nitrogen and oxygen atoms in total. The van der Waals surface area contributed by atoms with E-state index in [1.165, 1.54) is 6.07 Å². The fourth-order valence-corrected chi connectivity index (χ4v) is 1.56. The van der Waals surface area contributed by atoms with Crippen molar-refractivity contribution < 1.29 is 13.2 Å². The van der Waals surface area contributed by atoms with Gasteiger partial charge in [-0.2, -0.15) is 13.2 Å². The summed E-state index contributed by atoms with van der Waals surface area (Å²) in [6.45, 7) is 4.01. The third-order valence-corrected chi connectivity index (χ3v) is 2.99. The highest BCUT2D eigenvalue weighted by Crippen LogP contribution is 2.34. The van der Waals surface area contributed by atoms with Crippen molar-refractivity contribution in [3.63, 3.8) is 0 Å². The molecule has 0 aliphatic carbocycles. The molecular weight excluding hydrogens is 229 g/mol. The molecule has 0 fully saturated rings.